The first-order chi connectivity index (χ1) is 12.5. The molecule has 0 radical (unpaired) electrons. The first-order valence-corrected chi connectivity index (χ1v) is 8.31. The van der Waals surface area contributed by atoms with Crippen molar-refractivity contribution in [2.75, 3.05) is 6.61 Å². The molecule has 0 unspecified atom stereocenters. The maximum atomic E-state index is 12.7. The van der Waals surface area contributed by atoms with Gasteiger partial charge in [-0.2, -0.15) is 4.98 Å². The zero-order chi connectivity index (χ0) is 18.4. The standard InChI is InChI=1S/C15H11BrN6O4/c16-14-18-11-12(20(14)4-5-23)19-15-17-10(7-21(15)13(11)24)8-2-1-3-9(6-8)22(25)26/h1-3,6-7,23H,4-5H2,(H,17,19). The van der Waals surface area contributed by atoms with Crippen molar-refractivity contribution in [1.29, 1.82) is 0 Å². The minimum Gasteiger partial charge on any atom is -0.395 e. The van der Waals surface area contributed by atoms with E-state index in [2.05, 4.69) is 30.9 Å². The lowest BCUT2D eigenvalue weighted by molar-refractivity contribution is -0.384. The number of nitrogens with one attached hydrogen (secondary N) is 1. The number of aliphatic hydroxyl groups excluding tert-OH is 1. The van der Waals surface area contributed by atoms with Gasteiger partial charge < -0.3 is 14.7 Å². The molecule has 0 bridgehead atoms. The SMILES string of the molecule is O=c1c2nc(Br)n(CCO)c2nc2[nH]c(-c3cccc([N+](=O)[O-])c3)cn12. The Kier molecular flexibility index (Phi) is 3.81. The zero-order valence-electron chi connectivity index (χ0n) is 13.1. The smallest absolute Gasteiger partial charge is 0.287 e. The van der Waals surface area contributed by atoms with Crippen molar-refractivity contribution in [2.24, 2.45) is 0 Å². The van der Waals surface area contributed by atoms with Crippen molar-refractivity contribution in [3.63, 3.8) is 0 Å². The van der Waals surface area contributed by atoms with E-state index in [4.69, 9.17) is 0 Å². The molecule has 0 aliphatic carbocycles. The number of non-ortho nitro benzene ring substituents is 1. The van der Waals surface area contributed by atoms with E-state index >= 15 is 0 Å². The minimum absolute atomic E-state index is 0.0494. The van der Waals surface area contributed by atoms with Gasteiger partial charge in [0.05, 0.1) is 17.2 Å². The number of nitro groups is 1. The van der Waals surface area contributed by atoms with Crippen molar-refractivity contribution in [2.45, 2.75) is 6.54 Å². The second-order valence-electron chi connectivity index (χ2n) is 5.51. The van der Waals surface area contributed by atoms with Gasteiger partial charge in [0.2, 0.25) is 5.78 Å². The summed E-state index contributed by atoms with van der Waals surface area (Å²) in [5.74, 6) is 0.274. The third kappa shape index (κ3) is 2.48. The molecule has 0 atom stereocenters. The Balaban J connectivity index is 1.94. The van der Waals surface area contributed by atoms with Gasteiger partial charge in [-0.1, -0.05) is 12.1 Å². The third-order valence-electron chi connectivity index (χ3n) is 3.95. The molecular formula is C15H11BrN6O4. The van der Waals surface area contributed by atoms with Gasteiger partial charge in [-0.3, -0.25) is 14.9 Å². The molecule has 3 aromatic heterocycles. The van der Waals surface area contributed by atoms with Crippen LogP contribution in [0.4, 0.5) is 5.69 Å². The number of aromatic nitrogens is 5. The molecule has 132 valence electrons. The number of benzene rings is 1. The van der Waals surface area contributed by atoms with Gasteiger partial charge in [-0.25, -0.2) is 9.38 Å². The molecule has 0 aliphatic heterocycles. The highest BCUT2D eigenvalue weighted by molar-refractivity contribution is 9.10. The molecule has 1 aromatic carbocycles. The molecule has 11 heteroatoms. The summed E-state index contributed by atoms with van der Waals surface area (Å²) < 4.78 is 3.29. The van der Waals surface area contributed by atoms with Crippen LogP contribution in [0.15, 0.2) is 40.0 Å². The molecule has 4 aromatic rings. The molecule has 3 heterocycles. The average Bonchev–Trinajstić information content (AvgIpc) is 3.19. The van der Waals surface area contributed by atoms with Crippen LogP contribution < -0.4 is 5.56 Å². The van der Waals surface area contributed by atoms with Crippen LogP contribution in [0, 0.1) is 10.1 Å². The Morgan fingerprint density at radius 2 is 2.15 bits per heavy atom. The number of rotatable bonds is 4. The number of nitro benzene ring substituents is 1. The number of halogens is 1. The first-order valence-electron chi connectivity index (χ1n) is 7.52. The van der Waals surface area contributed by atoms with Crippen LogP contribution in [-0.2, 0) is 6.54 Å². The summed E-state index contributed by atoms with van der Waals surface area (Å²) in [6.07, 6.45) is 1.53. The van der Waals surface area contributed by atoms with Gasteiger partial charge in [-0.05, 0) is 15.9 Å². The summed E-state index contributed by atoms with van der Waals surface area (Å²) in [5.41, 5.74) is 1.14. The van der Waals surface area contributed by atoms with E-state index in [1.807, 2.05) is 0 Å². The number of hydrogen-bond acceptors (Lipinski definition) is 6. The van der Waals surface area contributed by atoms with E-state index in [1.165, 1.54) is 22.7 Å². The van der Waals surface area contributed by atoms with Crippen molar-refractivity contribution in [1.82, 2.24) is 23.9 Å². The van der Waals surface area contributed by atoms with Gasteiger partial charge in [-0.15, -0.1) is 0 Å². The molecule has 10 nitrogen and oxygen atoms in total. The maximum Gasteiger partial charge on any atom is 0.287 e. The van der Waals surface area contributed by atoms with Crippen LogP contribution in [-0.4, -0.2) is 40.6 Å². The van der Waals surface area contributed by atoms with Gasteiger partial charge in [0.25, 0.3) is 11.2 Å². The summed E-state index contributed by atoms with van der Waals surface area (Å²) in [4.78, 5) is 34.8. The van der Waals surface area contributed by atoms with Gasteiger partial charge in [0.1, 0.15) is 0 Å². The van der Waals surface area contributed by atoms with Crippen LogP contribution in [0.5, 0.6) is 0 Å². The lowest BCUT2D eigenvalue weighted by Gasteiger charge is -2.01. The minimum atomic E-state index is -0.482. The summed E-state index contributed by atoms with van der Waals surface area (Å²) in [6, 6.07) is 6.07. The first kappa shape index (κ1) is 16.4. The van der Waals surface area contributed by atoms with Crippen LogP contribution in [0.25, 0.3) is 28.2 Å². The Hall–Kier alpha value is -3.05. The van der Waals surface area contributed by atoms with Crippen molar-refractivity contribution >= 4 is 38.6 Å². The van der Waals surface area contributed by atoms with Crippen molar-refractivity contribution < 1.29 is 10.0 Å². The van der Waals surface area contributed by atoms with E-state index in [0.29, 0.717) is 21.6 Å². The van der Waals surface area contributed by atoms with Crippen LogP contribution >= 0.6 is 15.9 Å². The van der Waals surface area contributed by atoms with Crippen molar-refractivity contribution in [3.8, 4) is 11.3 Å². The highest BCUT2D eigenvalue weighted by Gasteiger charge is 2.17. The predicted octanol–water partition coefficient (Wildman–Crippen LogP) is 1.70. The second kappa shape index (κ2) is 6.04. The molecular weight excluding hydrogens is 408 g/mol. The number of hydrogen-bond donors (Lipinski definition) is 2. The molecule has 0 aliphatic rings. The Morgan fingerprint density at radius 1 is 1.35 bits per heavy atom. The number of imidazole rings is 2. The number of nitrogens with zero attached hydrogens (tertiary/aromatic N) is 5. The van der Waals surface area contributed by atoms with E-state index in [1.54, 1.807) is 16.7 Å². The molecule has 2 N–H and O–H groups in total. The Morgan fingerprint density at radius 3 is 2.88 bits per heavy atom. The molecule has 26 heavy (non-hydrogen) atoms. The van der Waals surface area contributed by atoms with Gasteiger partial charge in [0, 0.05) is 30.4 Å². The molecule has 0 amide bonds. The summed E-state index contributed by atoms with van der Waals surface area (Å²) in [6.45, 7) is 0.104. The normalized spacial score (nSPS) is 11.5. The summed E-state index contributed by atoms with van der Waals surface area (Å²) >= 11 is 3.26. The number of aliphatic hydroxyl groups is 1. The number of H-pyrrole nitrogens is 1. The predicted molar refractivity (Wildman–Crippen MR) is 96.0 cm³/mol. The van der Waals surface area contributed by atoms with Crippen LogP contribution in [0.1, 0.15) is 0 Å². The molecule has 0 saturated carbocycles. The summed E-state index contributed by atoms with van der Waals surface area (Å²) in [5, 5.41) is 20.1. The van der Waals surface area contributed by atoms with Crippen LogP contribution in [0.3, 0.4) is 0 Å². The maximum absolute atomic E-state index is 12.7. The number of fused-ring (bicyclic) bond motifs is 2. The fourth-order valence-electron chi connectivity index (χ4n) is 2.76. The highest BCUT2D eigenvalue weighted by atomic mass is 79.9. The lowest BCUT2D eigenvalue weighted by Crippen LogP contribution is -2.14. The van der Waals surface area contributed by atoms with Crippen molar-refractivity contribution in [3.05, 3.63) is 55.7 Å². The fourth-order valence-corrected chi connectivity index (χ4v) is 3.28. The van der Waals surface area contributed by atoms with Crippen LogP contribution in [0.2, 0.25) is 0 Å². The molecule has 4 rings (SSSR count). The molecule has 0 spiro atoms. The number of aromatic amines is 1. The van der Waals surface area contributed by atoms with Gasteiger partial charge >= 0.3 is 0 Å². The Bertz CT molecular complexity index is 1220. The molecule has 0 saturated heterocycles. The lowest BCUT2D eigenvalue weighted by atomic mass is 10.1. The topological polar surface area (TPSA) is 131 Å². The molecule has 0 fully saturated rings. The summed E-state index contributed by atoms with van der Waals surface area (Å²) in [7, 11) is 0. The average molecular weight is 419 g/mol. The van der Waals surface area contributed by atoms with E-state index in [0.717, 1.165) is 0 Å². The van der Waals surface area contributed by atoms with E-state index in [-0.39, 0.29) is 35.7 Å². The fraction of sp³-hybridized carbons (Fsp3) is 0.133. The highest BCUT2D eigenvalue weighted by Crippen LogP contribution is 2.24. The third-order valence-corrected chi connectivity index (χ3v) is 4.56. The van der Waals surface area contributed by atoms with Gasteiger partial charge in [0.15, 0.2) is 15.9 Å². The second-order valence-corrected chi connectivity index (χ2v) is 6.22. The van der Waals surface area contributed by atoms with E-state index in [9.17, 15) is 20.0 Å². The zero-order valence-corrected chi connectivity index (χ0v) is 14.7. The Labute approximate surface area is 153 Å². The monoisotopic (exact) mass is 418 g/mol. The van der Waals surface area contributed by atoms with E-state index < -0.39 is 4.92 Å². The quantitative estimate of drug-likeness (QED) is 0.294. The largest absolute Gasteiger partial charge is 0.395 e.